The van der Waals surface area contributed by atoms with Gasteiger partial charge in [-0.1, -0.05) is 42.3 Å². The molecule has 0 radical (unpaired) electrons. The van der Waals surface area contributed by atoms with Crippen molar-refractivity contribution in [2.45, 2.75) is 13.3 Å². The predicted octanol–water partition coefficient (Wildman–Crippen LogP) is 4.82. The summed E-state index contributed by atoms with van der Waals surface area (Å²) in [6.45, 7) is 2.06. The van der Waals surface area contributed by atoms with E-state index in [0.717, 1.165) is 6.42 Å². The van der Waals surface area contributed by atoms with E-state index in [1.54, 1.807) is 18.2 Å². The summed E-state index contributed by atoms with van der Waals surface area (Å²) < 4.78 is 5.47. The molecule has 0 unspecified atom stereocenters. The first kappa shape index (κ1) is 14.9. The number of ether oxygens (including phenoxy) is 1. The minimum Gasteiger partial charge on any atom is -0.485 e. The molecule has 104 valence electrons. The number of ketones is 1. The topological polar surface area (TPSA) is 26.3 Å². The molecule has 0 aliphatic rings. The van der Waals surface area contributed by atoms with Crippen molar-refractivity contribution in [3.63, 3.8) is 0 Å². The van der Waals surface area contributed by atoms with Crippen LogP contribution < -0.4 is 4.74 Å². The maximum atomic E-state index is 12.0. The quantitative estimate of drug-likeness (QED) is 0.740. The summed E-state index contributed by atoms with van der Waals surface area (Å²) >= 11 is 11.7. The maximum Gasteiger partial charge on any atom is 0.200 e. The summed E-state index contributed by atoms with van der Waals surface area (Å²) in [6, 6.07) is 12.5. The van der Waals surface area contributed by atoms with Crippen LogP contribution in [0.3, 0.4) is 0 Å². The SMILES string of the molecule is CCc1ccc(OCC(=O)c2ccc(Cl)c(Cl)c2)cc1. The Balaban J connectivity index is 1.98. The number of hydrogen-bond donors (Lipinski definition) is 0. The van der Waals surface area contributed by atoms with Crippen molar-refractivity contribution >= 4 is 29.0 Å². The van der Waals surface area contributed by atoms with E-state index in [0.29, 0.717) is 21.4 Å². The van der Waals surface area contributed by atoms with Gasteiger partial charge in [0, 0.05) is 5.56 Å². The van der Waals surface area contributed by atoms with E-state index in [2.05, 4.69) is 6.92 Å². The number of rotatable bonds is 5. The highest BCUT2D eigenvalue weighted by Crippen LogP contribution is 2.23. The van der Waals surface area contributed by atoms with Gasteiger partial charge in [0.15, 0.2) is 12.4 Å². The molecule has 2 aromatic rings. The van der Waals surface area contributed by atoms with Crippen molar-refractivity contribution in [2.24, 2.45) is 0 Å². The van der Waals surface area contributed by atoms with E-state index < -0.39 is 0 Å². The average Bonchev–Trinajstić information content (AvgIpc) is 2.48. The Morgan fingerprint density at radius 2 is 1.75 bits per heavy atom. The molecule has 0 fully saturated rings. The summed E-state index contributed by atoms with van der Waals surface area (Å²) in [5.74, 6) is 0.541. The Bertz CT molecular complexity index is 606. The number of hydrogen-bond acceptors (Lipinski definition) is 2. The fraction of sp³-hybridized carbons (Fsp3) is 0.188. The minimum absolute atomic E-state index is 0.0244. The lowest BCUT2D eigenvalue weighted by Crippen LogP contribution is -2.11. The molecule has 20 heavy (non-hydrogen) atoms. The molecule has 0 saturated heterocycles. The zero-order chi connectivity index (χ0) is 14.5. The summed E-state index contributed by atoms with van der Waals surface area (Å²) in [5.41, 5.74) is 1.72. The van der Waals surface area contributed by atoms with Crippen molar-refractivity contribution in [3.05, 3.63) is 63.6 Å². The molecule has 4 heteroatoms. The number of carbonyl (C=O) groups is 1. The Morgan fingerprint density at radius 3 is 2.35 bits per heavy atom. The molecule has 0 aliphatic heterocycles. The van der Waals surface area contributed by atoms with Gasteiger partial charge in [-0.3, -0.25) is 4.79 Å². The van der Waals surface area contributed by atoms with E-state index in [1.807, 2.05) is 24.3 Å². The number of benzene rings is 2. The third-order valence-corrected chi connectivity index (χ3v) is 3.68. The van der Waals surface area contributed by atoms with Crippen molar-refractivity contribution in [2.75, 3.05) is 6.61 Å². The molecule has 2 rings (SSSR count). The second-order valence-electron chi connectivity index (χ2n) is 4.34. The van der Waals surface area contributed by atoms with Crippen molar-refractivity contribution in [1.29, 1.82) is 0 Å². The Labute approximate surface area is 128 Å². The zero-order valence-electron chi connectivity index (χ0n) is 11.0. The highest BCUT2D eigenvalue weighted by molar-refractivity contribution is 6.42. The number of halogens is 2. The minimum atomic E-state index is -0.136. The molecule has 0 N–H and O–H groups in total. The predicted molar refractivity (Wildman–Crippen MR) is 82.1 cm³/mol. The van der Waals surface area contributed by atoms with Crippen LogP contribution >= 0.6 is 23.2 Å². The molecule has 2 nitrogen and oxygen atoms in total. The van der Waals surface area contributed by atoms with Gasteiger partial charge in [-0.25, -0.2) is 0 Å². The van der Waals surface area contributed by atoms with E-state index >= 15 is 0 Å². The molecule has 0 bridgehead atoms. The first-order chi connectivity index (χ1) is 9.60. The third-order valence-electron chi connectivity index (χ3n) is 2.94. The first-order valence-electron chi connectivity index (χ1n) is 6.30. The van der Waals surface area contributed by atoms with E-state index in [4.69, 9.17) is 27.9 Å². The number of carbonyl (C=O) groups excluding carboxylic acids is 1. The summed E-state index contributed by atoms with van der Waals surface area (Å²) in [5, 5.41) is 0.795. The van der Waals surface area contributed by atoms with Crippen LogP contribution in [0.1, 0.15) is 22.8 Å². The zero-order valence-corrected chi connectivity index (χ0v) is 12.5. The van der Waals surface area contributed by atoms with Gasteiger partial charge >= 0.3 is 0 Å². The van der Waals surface area contributed by atoms with E-state index in [1.165, 1.54) is 5.56 Å². The molecule has 0 aromatic heterocycles. The molecule has 0 aliphatic carbocycles. The average molecular weight is 309 g/mol. The van der Waals surface area contributed by atoms with Gasteiger partial charge in [0.1, 0.15) is 5.75 Å². The molecule has 2 aromatic carbocycles. The molecule has 0 amide bonds. The Hall–Kier alpha value is -1.51. The first-order valence-corrected chi connectivity index (χ1v) is 7.05. The lowest BCUT2D eigenvalue weighted by atomic mass is 10.1. The smallest absolute Gasteiger partial charge is 0.200 e. The Morgan fingerprint density at radius 1 is 1.05 bits per heavy atom. The molecular weight excluding hydrogens is 295 g/mol. The van der Waals surface area contributed by atoms with Crippen LogP contribution in [0, 0.1) is 0 Å². The second-order valence-corrected chi connectivity index (χ2v) is 5.15. The van der Waals surface area contributed by atoms with Crippen LogP contribution in [0.15, 0.2) is 42.5 Å². The largest absolute Gasteiger partial charge is 0.485 e. The normalized spacial score (nSPS) is 10.3. The van der Waals surface area contributed by atoms with E-state index in [9.17, 15) is 4.79 Å². The van der Waals surface area contributed by atoms with Crippen LogP contribution in [0.25, 0.3) is 0 Å². The van der Waals surface area contributed by atoms with Crippen molar-refractivity contribution in [1.82, 2.24) is 0 Å². The van der Waals surface area contributed by atoms with Crippen molar-refractivity contribution in [3.8, 4) is 5.75 Å². The molecule has 0 spiro atoms. The summed E-state index contributed by atoms with van der Waals surface area (Å²) in [4.78, 5) is 12.0. The Kier molecular flexibility index (Phi) is 5.05. The van der Waals surface area contributed by atoms with Crippen LogP contribution in [-0.4, -0.2) is 12.4 Å². The van der Waals surface area contributed by atoms with Gasteiger partial charge in [-0.05, 0) is 42.3 Å². The van der Waals surface area contributed by atoms with Crippen molar-refractivity contribution < 1.29 is 9.53 Å². The van der Waals surface area contributed by atoms with Gasteiger partial charge in [0.2, 0.25) is 0 Å². The van der Waals surface area contributed by atoms with Gasteiger partial charge in [0.25, 0.3) is 0 Å². The standard InChI is InChI=1S/C16H14Cl2O2/c1-2-11-3-6-13(7-4-11)20-10-16(19)12-5-8-14(17)15(18)9-12/h3-9H,2,10H2,1H3. The molecule has 0 saturated carbocycles. The maximum absolute atomic E-state index is 12.0. The van der Waals surface area contributed by atoms with Crippen LogP contribution in [0.5, 0.6) is 5.75 Å². The van der Waals surface area contributed by atoms with Gasteiger partial charge < -0.3 is 4.74 Å². The lowest BCUT2D eigenvalue weighted by molar-refractivity contribution is 0.0921. The fourth-order valence-corrected chi connectivity index (χ4v) is 2.02. The van der Waals surface area contributed by atoms with Crippen LogP contribution in [-0.2, 0) is 6.42 Å². The highest BCUT2D eigenvalue weighted by atomic mass is 35.5. The molecule has 0 atom stereocenters. The van der Waals surface area contributed by atoms with E-state index in [-0.39, 0.29) is 12.4 Å². The van der Waals surface area contributed by atoms with Gasteiger partial charge in [0.05, 0.1) is 10.0 Å². The lowest BCUT2D eigenvalue weighted by Gasteiger charge is -2.07. The summed E-state index contributed by atoms with van der Waals surface area (Å²) in [6.07, 6.45) is 0.975. The van der Waals surface area contributed by atoms with Crippen LogP contribution in [0.2, 0.25) is 10.0 Å². The molecular formula is C16H14Cl2O2. The number of aryl methyl sites for hydroxylation is 1. The summed E-state index contributed by atoms with van der Waals surface area (Å²) in [7, 11) is 0. The fourth-order valence-electron chi connectivity index (χ4n) is 1.72. The number of Topliss-reactive ketones (excluding diaryl/α,β-unsaturated/α-hetero) is 1. The molecule has 0 heterocycles. The highest BCUT2D eigenvalue weighted by Gasteiger charge is 2.09. The van der Waals surface area contributed by atoms with Crippen LogP contribution in [0.4, 0.5) is 0 Å². The second kappa shape index (κ2) is 6.78. The monoisotopic (exact) mass is 308 g/mol. The van der Waals surface area contributed by atoms with Gasteiger partial charge in [-0.15, -0.1) is 0 Å². The third kappa shape index (κ3) is 3.75. The van der Waals surface area contributed by atoms with Gasteiger partial charge in [-0.2, -0.15) is 0 Å².